The maximum atomic E-state index is 11.3. The first-order valence-electron chi connectivity index (χ1n) is 4.45. The maximum absolute atomic E-state index is 11.3. The summed E-state index contributed by atoms with van der Waals surface area (Å²) in [7, 11) is 3.15. The van der Waals surface area contributed by atoms with Gasteiger partial charge in [0.25, 0.3) is 0 Å². The Labute approximate surface area is 88.7 Å². The van der Waals surface area contributed by atoms with Gasteiger partial charge in [0, 0.05) is 12.4 Å². The first-order chi connectivity index (χ1) is 7.29. The predicted molar refractivity (Wildman–Crippen MR) is 56.4 cm³/mol. The molecule has 0 amide bonds. The number of ether oxygens (including phenoxy) is 1. The zero-order chi connectivity index (χ0) is 11.1. The van der Waals surface area contributed by atoms with Gasteiger partial charge >= 0.3 is 5.97 Å². The molecule has 1 rings (SSSR count). The van der Waals surface area contributed by atoms with E-state index < -0.39 is 5.97 Å². The van der Waals surface area contributed by atoms with Gasteiger partial charge in [-0.05, 0) is 13.1 Å². The molecule has 1 aromatic rings. The van der Waals surface area contributed by atoms with Gasteiger partial charge in [-0.2, -0.15) is 0 Å². The first-order valence-corrected chi connectivity index (χ1v) is 4.45. The molecule has 78 valence electrons. The zero-order valence-electron chi connectivity index (χ0n) is 8.70. The van der Waals surface area contributed by atoms with E-state index in [0.29, 0.717) is 17.7 Å². The van der Waals surface area contributed by atoms with E-state index in [1.807, 2.05) is 0 Å². The highest BCUT2D eigenvalue weighted by molar-refractivity contribution is 5.92. The Bertz CT molecular complexity index is 405. The van der Waals surface area contributed by atoms with Gasteiger partial charge in [-0.1, -0.05) is 11.8 Å². The molecular formula is C11H12N2O2. The van der Waals surface area contributed by atoms with Crippen molar-refractivity contribution >= 4 is 5.97 Å². The lowest BCUT2D eigenvalue weighted by Crippen LogP contribution is -2.06. The van der Waals surface area contributed by atoms with Crippen molar-refractivity contribution in [1.29, 1.82) is 0 Å². The van der Waals surface area contributed by atoms with E-state index in [0.717, 1.165) is 0 Å². The smallest absolute Gasteiger partial charge is 0.339 e. The lowest BCUT2D eigenvalue weighted by atomic mass is 10.1. The number of esters is 1. The summed E-state index contributed by atoms with van der Waals surface area (Å²) in [6.07, 6.45) is 3.09. The van der Waals surface area contributed by atoms with E-state index in [2.05, 4.69) is 26.9 Å². The van der Waals surface area contributed by atoms with Crippen molar-refractivity contribution in [1.82, 2.24) is 10.3 Å². The van der Waals surface area contributed by atoms with Crippen LogP contribution < -0.4 is 5.32 Å². The van der Waals surface area contributed by atoms with Crippen LogP contribution in [-0.2, 0) is 4.74 Å². The number of carbonyl (C=O) groups is 1. The van der Waals surface area contributed by atoms with Crippen LogP contribution >= 0.6 is 0 Å². The third kappa shape index (κ3) is 3.08. The number of carbonyl (C=O) groups excluding carboxylic acids is 1. The highest BCUT2D eigenvalue weighted by atomic mass is 16.5. The normalized spacial score (nSPS) is 8.93. The van der Waals surface area contributed by atoms with Crippen molar-refractivity contribution in [2.75, 3.05) is 20.7 Å². The van der Waals surface area contributed by atoms with Gasteiger partial charge in [-0.25, -0.2) is 4.79 Å². The van der Waals surface area contributed by atoms with E-state index in [9.17, 15) is 4.79 Å². The number of hydrogen-bond donors (Lipinski definition) is 1. The van der Waals surface area contributed by atoms with Gasteiger partial charge in [0.1, 0.15) is 0 Å². The minimum atomic E-state index is -0.397. The minimum absolute atomic E-state index is 0.397. The Morgan fingerprint density at radius 2 is 2.47 bits per heavy atom. The zero-order valence-corrected chi connectivity index (χ0v) is 8.70. The number of hydrogen-bond acceptors (Lipinski definition) is 4. The van der Waals surface area contributed by atoms with Crippen LogP contribution in [0.2, 0.25) is 0 Å². The third-order valence-corrected chi connectivity index (χ3v) is 1.71. The van der Waals surface area contributed by atoms with Crippen molar-refractivity contribution < 1.29 is 9.53 Å². The summed E-state index contributed by atoms with van der Waals surface area (Å²) in [6.45, 7) is 0.565. The van der Waals surface area contributed by atoms with Gasteiger partial charge in [0.15, 0.2) is 0 Å². The van der Waals surface area contributed by atoms with Crippen LogP contribution in [-0.4, -0.2) is 31.7 Å². The second-order valence-corrected chi connectivity index (χ2v) is 2.74. The van der Waals surface area contributed by atoms with Gasteiger partial charge in [0.05, 0.1) is 24.8 Å². The second-order valence-electron chi connectivity index (χ2n) is 2.74. The fourth-order valence-electron chi connectivity index (χ4n) is 1.01. The predicted octanol–water partition coefficient (Wildman–Crippen LogP) is 0.439. The fourth-order valence-corrected chi connectivity index (χ4v) is 1.01. The van der Waals surface area contributed by atoms with Crippen molar-refractivity contribution in [2.45, 2.75) is 0 Å². The number of pyridine rings is 1. The van der Waals surface area contributed by atoms with E-state index >= 15 is 0 Å². The van der Waals surface area contributed by atoms with Crippen molar-refractivity contribution in [2.24, 2.45) is 0 Å². The van der Waals surface area contributed by atoms with E-state index in [4.69, 9.17) is 0 Å². The molecule has 0 saturated carbocycles. The van der Waals surface area contributed by atoms with Gasteiger partial charge in [-0.15, -0.1) is 0 Å². The van der Waals surface area contributed by atoms with Crippen LogP contribution in [0.25, 0.3) is 0 Å². The molecule has 1 aromatic heterocycles. The third-order valence-electron chi connectivity index (χ3n) is 1.71. The molecule has 1 N–H and O–H groups in total. The molecule has 4 nitrogen and oxygen atoms in total. The van der Waals surface area contributed by atoms with Gasteiger partial charge in [-0.3, -0.25) is 4.98 Å². The average Bonchev–Trinajstić information content (AvgIpc) is 2.29. The first kappa shape index (κ1) is 11.2. The lowest BCUT2D eigenvalue weighted by Gasteiger charge is -2.00. The number of methoxy groups -OCH3 is 1. The van der Waals surface area contributed by atoms with Crippen LogP contribution in [0.5, 0.6) is 0 Å². The second kappa shape index (κ2) is 5.78. The molecule has 0 aromatic carbocycles. The SMILES string of the molecule is CNCC#Cc1cnccc1C(=O)OC. The van der Waals surface area contributed by atoms with E-state index in [1.165, 1.54) is 13.3 Å². The number of nitrogens with zero attached hydrogens (tertiary/aromatic N) is 1. The molecule has 0 atom stereocenters. The Morgan fingerprint density at radius 1 is 1.67 bits per heavy atom. The highest BCUT2D eigenvalue weighted by Gasteiger charge is 2.09. The largest absolute Gasteiger partial charge is 0.465 e. The Kier molecular flexibility index (Phi) is 4.32. The van der Waals surface area contributed by atoms with Crippen molar-refractivity contribution in [3.8, 4) is 11.8 Å². The van der Waals surface area contributed by atoms with Crippen molar-refractivity contribution in [3.05, 3.63) is 29.6 Å². The molecule has 0 aliphatic heterocycles. The summed E-state index contributed by atoms with van der Waals surface area (Å²) in [5, 5.41) is 2.89. The molecular weight excluding hydrogens is 192 g/mol. The summed E-state index contributed by atoms with van der Waals surface area (Å²) in [4.78, 5) is 15.2. The van der Waals surface area contributed by atoms with Crippen LogP contribution in [0.3, 0.4) is 0 Å². The summed E-state index contributed by atoms with van der Waals surface area (Å²) in [5.74, 6) is 5.32. The standard InChI is InChI=1S/C11H12N2O2/c1-12-6-3-4-9-8-13-7-5-10(9)11(14)15-2/h5,7-8,12H,6H2,1-2H3. The number of nitrogens with one attached hydrogen (secondary N) is 1. The monoisotopic (exact) mass is 204 g/mol. The Balaban J connectivity index is 2.98. The average molecular weight is 204 g/mol. The highest BCUT2D eigenvalue weighted by Crippen LogP contribution is 2.06. The number of rotatable bonds is 2. The fraction of sp³-hybridized carbons (Fsp3) is 0.273. The quantitative estimate of drug-likeness (QED) is 0.561. The summed E-state index contributed by atoms with van der Waals surface area (Å²) >= 11 is 0. The Hall–Kier alpha value is -1.86. The van der Waals surface area contributed by atoms with E-state index in [1.54, 1.807) is 19.3 Å². The summed E-state index contributed by atoms with van der Waals surface area (Å²) < 4.78 is 4.63. The minimum Gasteiger partial charge on any atom is -0.465 e. The van der Waals surface area contributed by atoms with Crippen LogP contribution in [0.15, 0.2) is 18.5 Å². The molecule has 0 aliphatic rings. The molecule has 15 heavy (non-hydrogen) atoms. The van der Waals surface area contributed by atoms with Crippen LogP contribution in [0, 0.1) is 11.8 Å². The molecule has 0 aliphatic carbocycles. The maximum Gasteiger partial charge on any atom is 0.339 e. The van der Waals surface area contributed by atoms with Gasteiger partial charge < -0.3 is 10.1 Å². The van der Waals surface area contributed by atoms with Crippen molar-refractivity contribution in [3.63, 3.8) is 0 Å². The summed E-state index contributed by atoms with van der Waals surface area (Å²) in [6, 6.07) is 1.59. The molecule has 0 radical (unpaired) electrons. The van der Waals surface area contributed by atoms with E-state index in [-0.39, 0.29) is 0 Å². The lowest BCUT2D eigenvalue weighted by molar-refractivity contribution is 0.0600. The number of aromatic nitrogens is 1. The molecule has 0 spiro atoms. The Morgan fingerprint density at radius 3 is 3.13 bits per heavy atom. The molecule has 0 unspecified atom stereocenters. The van der Waals surface area contributed by atoms with Crippen LogP contribution in [0.1, 0.15) is 15.9 Å². The molecule has 0 fully saturated rings. The molecule has 0 bridgehead atoms. The topological polar surface area (TPSA) is 51.2 Å². The molecule has 1 heterocycles. The van der Waals surface area contributed by atoms with Gasteiger partial charge in [0.2, 0.25) is 0 Å². The molecule has 4 heteroatoms. The molecule has 0 saturated heterocycles. The summed E-state index contributed by atoms with van der Waals surface area (Å²) in [5.41, 5.74) is 1.02. The van der Waals surface area contributed by atoms with Crippen LogP contribution in [0.4, 0.5) is 0 Å².